The largest absolute Gasteiger partial charge is 1.00 e. The average molecular weight is 10500 g/mol. The first-order valence-corrected chi connectivity index (χ1v) is 0. The molecule has 0 aromatic heterocycles. The number of halogens is 10. The fraction of sp³-hybridized carbons (Fsp3) is 0. The molecule has 0 aromatic carbocycles. The van der Waals surface area contributed by atoms with Gasteiger partial charge in [-0.1, -0.05) is 0 Å². The van der Waals surface area contributed by atoms with Crippen LogP contribution in [0.5, 0.6) is 0 Å². The van der Waals surface area contributed by atoms with Gasteiger partial charge in [0.05, 0.1) is 0 Å². The van der Waals surface area contributed by atoms with E-state index in [2.05, 4.69) is 0 Å². The molecule has 0 aromatic rings. The standard InChI is InChI=1S/90Ag.10BrH/h;;;;;;;;;;;;;;;;;;;;;;;;;;;;;;;;;;;;;;;;;;;;;;;;;;;;;;;;;;;;;;;;;;;;;;;;;;;;;;;;;;;;;;;;;;10*1H/q90*+1;;;;;;;;;;. The molecule has 980 valence electrons. The van der Waals surface area contributed by atoms with Crippen LogP contribution in [0.4, 0.5) is 0 Å². The molecular weight excluding hydrogens is 10500 g/mol. The Morgan fingerprint density at radius 1 is 0.0200 bits per heavy atom. The molecular formula is H10Ag90Br10+90. The Bertz CT molecular complexity index is 46.9. The summed E-state index contributed by atoms with van der Waals surface area (Å²) in [5, 5.41) is 0. The summed E-state index contributed by atoms with van der Waals surface area (Å²) < 4.78 is 0. The molecule has 0 saturated heterocycles. The van der Waals surface area contributed by atoms with Crippen molar-refractivity contribution in [2.75, 3.05) is 0 Å². The Labute approximate surface area is 2110 Å². The Kier molecular flexibility index (Phi) is 9360. The third-order valence-electron chi connectivity index (χ3n) is 0. The van der Waals surface area contributed by atoms with E-state index < -0.39 is 0 Å². The van der Waals surface area contributed by atoms with E-state index in [1.807, 2.05) is 0 Å². The molecule has 100 heteroatoms. The Morgan fingerprint density at radius 2 is 0.0200 bits per heavy atom. The maximum atomic E-state index is 0. The summed E-state index contributed by atoms with van der Waals surface area (Å²) in [5.41, 5.74) is 0. The van der Waals surface area contributed by atoms with Crippen LogP contribution in [0.2, 0.25) is 0 Å². The van der Waals surface area contributed by atoms with E-state index in [1.165, 1.54) is 0 Å². The molecule has 0 atom stereocenters. The molecule has 0 rings (SSSR count). The van der Waals surface area contributed by atoms with Crippen molar-refractivity contribution in [1.82, 2.24) is 0 Å². The van der Waals surface area contributed by atoms with Crippen LogP contribution in [0.25, 0.3) is 0 Å². The molecule has 0 saturated carbocycles. The second-order valence-corrected chi connectivity index (χ2v) is 0. The molecule has 0 unspecified atom stereocenters. The van der Waals surface area contributed by atoms with Crippen LogP contribution >= 0.6 is 170 Å². The summed E-state index contributed by atoms with van der Waals surface area (Å²) in [4.78, 5) is 0. The van der Waals surface area contributed by atoms with Crippen LogP contribution in [-0.2, 0) is 2010 Å². The molecule has 0 aliphatic rings. The molecule has 0 spiro atoms. The minimum absolute atomic E-state index is 0. The summed E-state index contributed by atoms with van der Waals surface area (Å²) in [5.74, 6) is 0. The molecule has 0 bridgehead atoms. The Balaban J connectivity index is 0. The van der Waals surface area contributed by atoms with Gasteiger partial charge in [0.2, 0.25) is 0 Å². The van der Waals surface area contributed by atoms with E-state index in [9.17, 15) is 0 Å². The molecule has 0 aliphatic heterocycles. The van der Waals surface area contributed by atoms with Crippen molar-refractivity contribution in [1.29, 1.82) is 0 Å². The first-order valence-electron chi connectivity index (χ1n) is 0. The minimum atomic E-state index is 0. The zero-order valence-corrected chi connectivity index (χ0v) is 182. The van der Waals surface area contributed by atoms with Gasteiger partial charge in [-0.3, -0.25) is 0 Å². The first-order chi connectivity index (χ1) is 0. The summed E-state index contributed by atoms with van der Waals surface area (Å²) in [6.45, 7) is 0. The van der Waals surface area contributed by atoms with Gasteiger partial charge in [0.1, 0.15) is 0 Å². The van der Waals surface area contributed by atoms with Crippen molar-refractivity contribution in [3.63, 3.8) is 0 Å². The van der Waals surface area contributed by atoms with Gasteiger partial charge in [-0.05, 0) is 0 Å². The third-order valence-corrected chi connectivity index (χ3v) is 0. The molecule has 0 aliphatic carbocycles. The normalized spacial score (nSPS) is 0. The van der Waals surface area contributed by atoms with E-state index in [4.69, 9.17) is 0 Å². The fourth-order valence-electron chi connectivity index (χ4n) is 0. The number of hydrogen-bond donors (Lipinski definition) is 0. The van der Waals surface area contributed by atoms with Gasteiger partial charge in [-0.2, -0.15) is 0 Å². The van der Waals surface area contributed by atoms with Crippen molar-refractivity contribution in [2.45, 2.75) is 0 Å². The van der Waals surface area contributed by atoms with Crippen molar-refractivity contribution in [3.05, 3.63) is 0 Å². The average Bonchev–Trinajstić information content (AvgIpc) is 0. The van der Waals surface area contributed by atoms with Crippen LogP contribution in [0.15, 0.2) is 0 Å². The SMILES string of the molecule is Br.Br.Br.Br.Br.Br.Br.Br.Br.Br.[Ag+].[Ag+].[Ag+].[Ag+].[Ag+].[Ag+].[Ag+].[Ag+].[Ag+].[Ag+].[Ag+].[Ag+].[Ag+].[Ag+].[Ag+].[Ag+].[Ag+].[Ag+].[Ag+].[Ag+].[Ag+].[Ag+].[Ag+].[Ag+].[Ag+].[Ag+].[Ag+].[Ag+].[Ag+].[Ag+].[Ag+].[Ag+].[Ag+].[Ag+].[Ag+].[Ag+].[Ag+].[Ag+].[Ag+].[Ag+].[Ag+].[Ag+].[Ag+].[Ag+].[Ag+].[Ag+].[Ag+].[Ag+].[Ag+].[Ag+].[Ag+].[Ag+].[Ag+].[Ag+].[Ag+].[Ag+].[Ag+].[Ag+].[Ag+].[Ag+].[Ag+].[Ag+].[Ag+].[Ag+].[Ag+].[Ag+].[Ag+].[Ag+].[Ag+].[Ag+].[Ag+].[Ag+].[Ag+].[Ag+].[Ag+].[Ag+].[Ag+].[Ag+].[Ag+].[Ag+].[Ag+].[Ag+].[Ag+].[Ag+].[Ag+].[Ag+].[Ag+].[Ag+].[Ag+].[Ag+]. The zero-order chi connectivity index (χ0) is 0. The second-order valence-electron chi connectivity index (χ2n) is 0. The molecule has 0 N–H and O–H groups in total. The van der Waals surface area contributed by atoms with E-state index in [0.29, 0.717) is 0 Å². The summed E-state index contributed by atoms with van der Waals surface area (Å²) in [7, 11) is 0. The molecule has 0 radical (unpaired) electrons. The molecule has 100 heavy (non-hydrogen) atoms. The van der Waals surface area contributed by atoms with Crippen LogP contribution in [0.1, 0.15) is 0 Å². The van der Waals surface area contributed by atoms with Gasteiger partial charge in [0.15, 0.2) is 0 Å². The van der Waals surface area contributed by atoms with Gasteiger partial charge >= 0.3 is 2010 Å². The van der Waals surface area contributed by atoms with Gasteiger partial charge in [0, 0.05) is 0 Å². The quantitative estimate of drug-likeness (QED) is 0.280. The van der Waals surface area contributed by atoms with Crippen molar-refractivity contribution >= 4 is 170 Å². The van der Waals surface area contributed by atoms with Crippen LogP contribution in [-0.4, -0.2) is 0 Å². The molecule has 0 nitrogen and oxygen atoms in total. The third kappa shape index (κ3) is 942. The Hall–Kier alpha value is 71.4. The van der Waals surface area contributed by atoms with E-state index in [1.54, 1.807) is 0 Å². The van der Waals surface area contributed by atoms with Crippen molar-refractivity contribution in [3.8, 4) is 0 Å². The molecule has 0 heterocycles. The topological polar surface area (TPSA) is 0 Å². The van der Waals surface area contributed by atoms with Gasteiger partial charge < -0.3 is 0 Å². The predicted octanol–water partition coefficient (Wildman–Crippen LogP) is 5.55. The van der Waals surface area contributed by atoms with Crippen molar-refractivity contribution < 1.29 is 2010 Å². The summed E-state index contributed by atoms with van der Waals surface area (Å²) in [6, 6.07) is 0. The first kappa shape index (κ1) is 976. The zero-order valence-electron chi connectivity index (χ0n) is 31.2. The maximum absolute atomic E-state index is 0. The molecule has 0 fully saturated rings. The number of rotatable bonds is 0. The van der Waals surface area contributed by atoms with E-state index >= 15 is 0 Å². The monoisotopic (exact) mass is 10400 g/mol. The number of hydrogen-bond acceptors (Lipinski definition) is 0. The van der Waals surface area contributed by atoms with Crippen LogP contribution < -0.4 is 0 Å². The fourth-order valence-corrected chi connectivity index (χ4v) is 0. The van der Waals surface area contributed by atoms with Gasteiger partial charge in [-0.25, -0.2) is 0 Å². The van der Waals surface area contributed by atoms with Crippen LogP contribution in [0, 0.1) is 0 Å². The smallest absolute Gasteiger partial charge is 0.114 e. The predicted molar refractivity (Wildman–Crippen MR) is 103 cm³/mol. The minimum Gasteiger partial charge on any atom is -0.114 e. The van der Waals surface area contributed by atoms with Crippen LogP contribution in [0.3, 0.4) is 0 Å². The maximum Gasteiger partial charge on any atom is 1.00 e. The summed E-state index contributed by atoms with van der Waals surface area (Å²) >= 11 is 0. The molecule has 0 amide bonds. The van der Waals surface area contributed by atoms with E-state index in [0.717, 1.165) is 0 Å². The Morgan fingerprint density at radius 3 is 0.0200 bits per heavy atom. The van der Waals surface area contributed by atoms with Crippen molar-refractivity contribution in [2.24, 2.45) is 0 Å². The van der Waals surface area contributed by atoms with E-state index in [-0.39, 0.29) is 2180 Å². The second kappa shape index (κ2) is 959. The summed E-state index contributed by atoms with van der Waals surface area (Å²) in [6.07, 6.45) is 0. The van der Waals surface area contributed by atoms with Gasteiger partial charge in [0.25, 0.3) is 0 Å². The van der Waals surface area contributed by atoms with Gasteiger partial charge in [-0.15, -0.1) is 170 Å².